The van der Waals surface area contributed by atoms with E-state index in [-0.39, 0.29) is 29.4 Å². The number of hydrogen-bond donors (Lipinski definition) is 4. The van der Waals surface area contributed by atoms with Crippen molar-refractivity contribution >= 4 is 24.2 Å². The Labute approximate surface area is 155 Å². The van der Waals surface area contributed by atoms with Crippen molar-refractivity contribution in [3.63, 3.8) is 0 Å². The molecule has 6 heteroatoms. The summed E-state index contributed by atoms with van der Waals surface area (Å²) in [6.07, 6.45) is 7.04. The zero-order chi connectivity index (χ0) is 19.8. The minimum absolute atomic E-state index is 0.0318. The SMILES string of the molecule is O=Cc1cc(/C=C/C(O)=C/C(=O)/C=C/c2ccc(O)c(CO)c2)ccc1O. The third-order valence-electron chi connectivity index (χ3n) is 3.63. The van der Waals surface area contributed by atoms with E-state index in [2.05, 4.69) is 0 Å². The fourth-order valence-electron chi connectivity index (χ4n) is 2.21. The number of ketones is 1. The molecule has 0 unspecified atom stereocenters. The maximum atomic E-state index is 11.9. The van der Waals surface area contributed by atoms with Crippen LogP contribution in [0.1, 0.15) is 27.0 Å². The molecule has 0 amide bonds. The number of carbonyl (C=O) groups excluding carboxylic acids is 2. The number of aldehydes is 1. The number of aliphatic hydroxyl groups excluding tert-OH is 2. The Morgan fingerprint density at radius 3 is 2.22 bits per heavy atom. The van der Waals surface area contributed by atoms with Crippen LogP contribution in [0.5, 0.6) is 11.5 Å². The van der Waals surface area contributed by atoms with Gasteiger partial charge >= 0.3 is 0 Å². The molecule has 2 rings (SSSR count). The summed E-state index contributed by atoms with van der Waals surface area (Å²) in [4.78, 5) is 22.7. The summed E-state index contributed by atoms with van der Waals surface area (Å²) in [6, 6.07) is 8.89. The van der Waals surface area contributed by atoms with Crippen LogP contribution < -0.4 is 0 Å². The minimum Gasteiger partial charge on any atom is -0.508 e. The maximum Gasteiger partial charge on any atom is 0.182 e. The molecule has 6 nitrogen and oxygen atoms in total. The standard InChI is InChI=1S/C21H18O6/c22-12-16-9-14(3-7-20(16)26)1-5-18(24)11-19(25)6-2-15-4-8-21(27)17(10-15)13-23/h1-12,23-24,26-27H,13H2/b5-1+,6-2+,18-11-. The van der Waals surface area contributed by atoms with Gasteiger partial charge in [0.25, 0.3) is 0 Å². The van der Waals surface area contributed by atoms with E-state index in [1.807, 2.05) is 0 Å². The van der Waals surface area contributed by atoms with Crippen LogP contribution in [-0.2, 0) is 11.4 Å². The summed E-state index contributed by atoms with van der Waals surface area (Å²) < 4.78 is 0. The Bertz CT molecular complexity index is 938. The van der Waals surface area contributed by atoms with Gasteiger partial charge in [-0.3, -0.25) is 9.59 Å². The van der Waals surface area contributed by atoms with Gasteiger partial charge in [-0.05, 0) is 47.5 Å². The molecule has 0 heterocycles. The molecule has 0 aliphatic heterocycles. The highest BCUT2D eigenvalue weighted by Gasteiger charge is 2.01. The fourth-order valence-corrected chi connectivity index (χ4v) is 2.21. The number of phenols is 2. The van der Waals surface area contributed by atoms with Gasteiger partial charge in [0.05, 0.1) is 12.2 Å². The van der Waals surface area contributed by atoms with Gasteiger partial charge in [0, 0.05) is 11.6 Å². The van der Waals surface area contributed by atoms with E-state index in [0.717, 1.165) is 6.08 Å². The van der Waals surface area contributed by atoms with Crippen LogP contribution in [0.3, 0.4) is 0 Å². The number of rotatable bonds is 7. The normalized spacial score (nSPS) is 12.0. The van der Waals surface area contributed by atoms with E-state index < -0.39 is 5.78 Å². The molecule has 0 radical (unpaired) electrons. The second-order valence-electron chi connectivity index (χ2n) is 5.62. The maximum absolute atomic E-state index is 11.9. The zero-order valence-electron chi connectivity index (χ0n) is 14.2. The summed E-state index contributed by atoms with van der Waals surface area (Å²) in [5, 5.41) is 37.9. The van der Waals surface area contributed by atoms with E-state index in [9.17, 15) is 24.9 Å². The van der Waals surface area contributed by atoms with Gasteiger partial charge < -0.3 is 20.4 Å². The van der Waals surface area contributed by atoms with Gasteiger partial charge in [-0.2, -0.15) is 0 Å². The molecule has 138 valence electrons. The molecular formula is C21H18O6. The smallest absolute Gasteiger partial charge is 0.182 e. The Balaban J connectivity index is 2.06. The monoisotopic (exact) mass is 366 g/mol. The van der Waals surface area contributed by atoms with Gasteiger partial charge in [0.1, 0.15) is 17.3 Å². The van der Waals surface area contributed by atoms with Gasteiger partial charge in [-0.15, -0.1) is 0 Å². The number of aromatic hydroxyl groups is 2. The highest BCUT2D eigenvalue weighted by molar-refractivity contribution is 6.02. The third kappa shape index (κ3) is 5.69. The first kappa shape index (κ1) is 19.7. The highest BCUT2D eigenvalue weighted by atomic mass is 16.3. The molecule has 2 aromatic rings. The van der Waals surface area contributed by atoms with Gasteiger partial charge in [-0.25, -0.2) is 0 Å². The Hall–Kier alpha value is -3.64. The summed E-state index contributed by atoms with van der Waals surface area (Å²) in [6.45, 7) is -0.323. The van der Waals surface area contributed by atoms with E-state index in [0.29, 0.717) is 23.0 Å². The average molecular weight is 366 g/mol. The number of hydrogen-bond acceptors (Lipinski definition) is 6. The average Bonchev–Trinajstić information content (AvgIpc) is 2.66. The summed E-state index contributed by atoms with van der Waals surface area (Å²) in [5.74, 6) is -0.918. The molecule has 0 spiro atoms. The van der Waals surface area contributed by atoms with Crippen LogP contribution in [0.15, 0.2) is 60.4 Å². The lowest BCUT2D eigenvalue weighted by Crippen LogP contribution is -1.90. The van der Waals surface area contributed by atoms with Crippen molar-refractivity contribution in [1.82, 2.24) is 0 Å². The Kier molecular flexibility index (Phi) is 6.68. The van der Waals surface area contributed by atoms with Crippen LogP contribution in [0.25, 0.3) is 12.2 Å². The number of carbonyl (C=O) groups is 2. The van der Waals surface area contributed by atoms with Gasteiger partial charge in [-0.1, -0.05) is 24.3 Å². The largest absolute Gasteiger partial charge is 0.508 e. The summed E-state index contributed by atoms with van der Waals surface area (Å²) >= 11 is 0. The highest BCUT2D eigenvalue weighted by Crippen LogP contribution is 2.19. The van der Waals surface area contributed by atoms with E-state index in [1.54, 1.807) is 12.1 Å². The first-order valence-corrected chi connectivity index (χ1v) is 7.94. The van der Waals surface area contributed by atoms with Crippen LogP contribution in [0, 0.1) is 0 Å². The predicted molar refractivity (Wildman–Crippen MR) is 101 cm³/mol. The molecule has 0 saturated heterocycles. The lowest BCUT2D eigenvalue weighted by Gasteiger charge is -2.01. The van der Waals surface area contributed by atoms with E-state index in [1.165, 1.54) is 48.6 Å². The van der Waals surface area contributed by atoms with Crippen molar-refractivity contribution in [3.8, 4) is 11.5 Å². The lowest BCUT2D eigenvalue weighted by molar-refractivity contribution is -0.110. The first-order chi connectivity index (χ1) is 12.9. The van der Waals surface area contributed by atoms with Crippen molar-refractivity contribution in [2.45, 2.75) is 6.61 Å². The predicted octanol–water partition coefficient (Wildman–Crippen LogP) is 3.14. The fraction of sp³-hybridized carbons (Fsp3) is 0.0476. The molecule has 0 aliphatic rings. The molecule has 0 aromatic heterocycles. The van der Waals surface area contributed by atoms with E-state index >= 15 is 0 Å². The quantitative estimate of drug-likeness (QED) is 0.259. The number of aliphatic hydroxyl groups is 2. The zero-order valence-corrected chi connectivity index (χ0v) is 14.2. The Morgan fingerprint density at radius 2 is 1.56 bits per heavy atom. The topological polar surface area (TPSA) is 115 Å². The van der Waals surface area contributed by atoms with Crippen molar-refractivity contribution in [2.75, 3.05) is 0 Å². The minimum atomic E-state index is -0.463. The molecule has 0 saturated carbocycles. The Morgan fingerprint density at radius 1 is 0.926 bits per heavy atom. The summed E-state index contributed by atoms with van der Waals surface area (Å²) in [5.41, 5.74) is 1.64. The van der Waals surface area contributed by atoms with Crippen molar-refractivity contribution in [2.24, 2.45) is 0 Å². The van der Waals surface area contributed by atoms with E-state index in [4.69, 9.17) is 5.11 Å². The van der Waals surface area contributed by atoms with Crippen molar-refractivity contribution in [3.05, 3.63) is 82.6 Å². The third-order valence-corrected chi connectivity index (χ3v) is 3.63. The molecule has 0 fully saturated rings. The first-order valence-electron chi connectivity index (χ1n) is 7.94. The molecule has 27 heavy (non-hydrogen) atoms. The van der Waals surface area contributed by atoms with Crippen LogP contribution in [0.2, 0.25) is 0 Å². The van der Waals surface area contributed by atoms with Crippen LogP contribution in [0.4, 0.5) is 0 Å². The summed E-state index contributed by atoms with van der Waals surface area (Å²) in [7, 11) is 0. The number of phenolic OH excluding ortho intramolecular Hbond substituents is 1. The molecule has 0 atom stereocenters. The molecule has 0 bridgehead atoms. The number of allylic oxidation sites excluding steroid dienone is 3. The number of benzene rings is 2. The lowest BCUT2D eigenvalue weighted by atomic mass is 10.1. The van der Waals surface area contributed by atoms with Gasteiger partial charge in [0.15, 0.2) is 12.1 Å². The molecule has 2 aromatic carbocycles. The van der Waals surface area contributed by atoms with Crippen LogP contribution in [-0.4, -0.2) is 32.5 Å². The molecule has 0 aliphatic carbocycles. The van der Waals surface area contributed by atoms with Crippen molar-refractivity contribution in [1.29, 1.82) is 0 Å². The molecule has 4 N–H and O–H groups in total. The van der Waals surface area contributed by atoms with Gasteiger partial charge in [0.2, 0.25) is 0 Å². The second kappa shape index (κ2) is 9.17. The van der Waals surface area contributed by atoms with Crippen LogP contribution >= 0.6 is 0 Å². The van der Waals surface area contributed by atoms with Crippen molar-refractivity contribution < 1.29 is 30.0 Å². The second-order valence-corrected chi connectivity index (χ2v) is 5.62. The molecular weight excluding hydrogens is 348 g/mol.